The van der Waals surface area contributed by atoms with Gasteiger partial charge < -0.3 is 37.0 Å². The van der Waals surface area contributed by atoms with Crippen molar-refractivity contribution in [2.45, 2.75) is 57.8 Å². The predicted molar refractivity (Wildman–Crippen MR) is 115 cm³/mol. The highest BCUT2D eigenvalue weighted by Gasteiger charge is 2.27. The van der Waals surface area contributed by atoms with Crippen LogP contribution in [-0.4, -0.2) is 69.8 Å². The van der Waals surface area contributed by atoms with Gasteiger partial charge in [0.1, 0.15) is 23.9 Å². The van der Waals surface area contributed by atoms with Gasteiger partial charge in [-0.25, -0.2) is 4.79 Å². The van der Waals surface area contributed by atoms with E-state index in [0.29, 0.717) is 5.56 Å². The number of carboxylic acids is 1. The molecule has 11 nitrogen and oxygen atoms in total. The number of carbonyl (C=O) groups is 4. The van der Waals surface area contributed by atoms with Crippen molar-refractivity contribution in [1.82, 2.24) is 16.0 Å². The molecule has 0 saturated heterocycles. The first-order valence-corrected chi connectivity index (χ1v) is 10.2. The number of phenolic OH excluding ortho intramolecular Hbond substituents is 1. The van der Waals surface area contributed by atoms with Crippen molar-refractivity contribution in [3.63, 3.8) is 0 Å². The Bertz CT molecular complexity index is 796. The number of aliphatic carboxylic acids is 1. The van der Waals surface area contributed by atoms with E-state index in [1.807, 2.05) is 13.8 Å². The number of aliphatic hydroxyl groups excluding tert-OH is 1. The number of nitrogens with one attached hydrogen (secondary N) is 3. The number of rotatable bonds is 12. The second-order valence-electron chi connectivity index (χ2n) is 8.00. The number of nitrogens with two attached hydrogens (primary N) is 1. The third kappa shape index (κ3) is 9.31. The minimum Gasteiger partial charge on any atom is -0.508 e. The zero-order valence-corrected chi connectivity index (χ0v) is 18.4. The highest BCUT2D eigenvalue weighted by molar-refractivity contribution is 5.92. The highest BCUT2D eigenvalue weighted by Crippen LogP contribution is 2.11. The SMILES string of the molecule is CC(C)C[C@H](NC(=O)[C@@H](N)[C@@H](C)O)C(=O)NCC(=O)N[C@@H](Cc1ccc(O)cc1)C(=O)O. The van der Waals surface area contributed by atoms with E-state index in [1.54, 1.807) is 0 Å². The summed E-state index contributed by atoms with van der Waals surface area (Å²) < 4.78 is 0. The van der Waals surface area contributed by atoms with Crippen molar-refractivity contribution in [2.24, 2.45) is 11.7 Å². The van der Waals surface area contributed by atoms with Crippen molar-refractivity contribution in [3.8, 4) is 5.75 Å². The largest absolute Gasteiger partial charge is 0.508 e. The molecule has 1 aromatic carbocycles. The molecule has 0 aliphatic carbocycles. The number of hydrogen-bond donors (Lipinski definition) is 7. The van der Waals surface area contributed by atoms with Gasteiger partial charge in [0.05, 0.1) is 12.6 Å². The molecule has 0 radical (unpaired) electrons. The maximum absolute atomic E-state index is 12.5. The smallest absolute Gasteiger partial charge is 0.326 e. The van der Waals surface area contributed by atoms with E-state index >= 15 is 0 Å². The van der Waals surface area contributed by atoms with Gasteiger partial charge in [0.15, 0.2) is 0 Å². The fourth-order valence-corrected chi connectivity index (χ4v) is 2.79. The third-order valence-corrected chi connectivity index (χ3v) is 4.60. The monoisotopic (exact) mass is 452 g/mol. The lowest BCUT2D eigenvalue weighted by Gasteiger charge is -2.23. The molecule has 0 aliphatic rings. The minimum absolute atomic E-state index is 0.0153. The summed E-state index contributed by atoms with van der Waals surface area (Å²) >= 11 is 0. The number of hydrogen-bond acceptors (Lipinski definition) is 7. The number of aromatic hydroxyl groups is 1. The van der Waals surface area contributed by atoms with E-state index in [9.17, 15) is 34.5 Å². The lowest BCUT2D eigenvalue weighted by molar-refractivity contribution is -0.141. The Morgan fingerprint density at radius 3 is 2.06 bits per heavy atom. The number of phenols is 1. The van der Waals surface area contributed by atoms with Crippen LogP contribution in [0.3, 0.4) is 0 Å². The number of benzene rings is 1. The zero-order valence-electron chi connectivity index (χ0n) is 18.4. The number of aliphatic hydroxyl groups is 1. The molecular weight excluding hydrogens is 420 g/mol. The maximum atomic E-state index is 12.5. The molecule has 1 rings (SSSR count). The van der Waals surface area contributed by atoms with Gasteiger partial charge in [-0.2, -0.15) is 0 Å². The van der Waals surface area contributed by atoms with E-state index in [-0.39, 0.29) is 24.5 Å². The molecule has 4 atom stereocenters. The Balaban J connectivity index is 2.68. The van der Waals surface area contributed by atoms with Gasteiger partial charge in [0.2, 0.25) is 17.7 Å². The molecule has 0 heterocycles. The molecule has 0 fully saturated rings. The standard InChI is InChI=1S/C21H32N4O7/c1-11(2)8-15(25-20(30)18(22)12(3)26)19(29)23-10-17(28)24-16(21(31)32)9-13-4-6-14(27)7-5-13/h4-7,11-12,15-16,18,26-27H,8-10,22H2,1-3H3,(H,23,29)(H,24,28)(H,25,30)(H,31,32)/t12-,15+,16+,18+/m1/s1. The van der Waals surface area contributed by atoms with E-state index in [1.165, 1.54) is 31.2 Å². The van der Waals surface area contributed by atoms with Crippen LogP contribution in [-0.2, 0) is 25.6 Å². The van der Waals surface area contributed by atoms with Crippen LogP contribution in [0.1, 0.15) is 32.8 Å². The summed E-state index contributed by atoms with van der Waals surface area (Å²) in [5.74, 6) is -3.25. The maximum Gasteiger partial charge on any atom is 0.326 e. The molecule has 32 heavy (non-hydrogen) atoms. The van der Waals surface area contributed by atoms with Crippen molar-refractivity contribution in [2.75, 3.05) is 6.54 Å². The van der Waals surface area contributed by atoms with Crippen molar-refractivity contribution in [1.29, 1.82) is 0 Å². The zero-order chi connectivity index (χ0) is 24.4. The molecule has 0 unspecified atom stereocenters. The van der Waals surface area contributed by atoms with Gasteiger partial charge in [-0.3, -0.25) is 14.4 Å². The molecule has 8 N–H and O–H groups in total. The Kier molecular flexibility index (Phi) is 10.6. The molecule has 11 heteroatoms. The molecule has 0 aromatic heterocycles. The lowest BCUT2D eigenvalue weighted by Crippen LogP contribution is -2.55. The van der Waals surface area contributed by atoms with Gasteiger partial charge in [-0.15, -0.1) is 0 Å². The minimum atomic E-state index is -1.25. The van der Waals surface area contributed by atoms with Crippen LogP contribution < -0.4 is 21.7 Å². The molecule has 0 saturated carbocycles. The summed E-state index contributed by atoms with van der Waals surface area (Å²) in [5, 5.41) is 35.3. The molecular formula is C21H32N4O7. The Morgan fingerprint density at radius 2 is 1.56 bits per heavy atom. The van der Waals surface area contributed by atoms with Gasteiger partial charge >= 0.3 is 5.97 Å². The summed E-state index contributed by atoms with van der Waals surface area (Å²) in [4.78, 5) is 48.3. The summed E-state index contributed by atoms with van der Waals surface area (Å²) in [6, 6.07) is 2.46. The van der Waals surface area contributed by atoms with Gasteiger partial charge in [-0.1, -0.05) is 26.0 Å². The number of carboxylic acid groups (broad SMARTS) is 1. The third-order valence-electron chi connectivity index (χ3n) is 4.60. The Hall–Kier alpha value is -3.18. The van der Waals surface area contributed by atoms with E-state index in [2.05, 4.69) is 16.0 Å². The quantitative estimate of drug-likeness (QED) is 0.207. The first kappa shape index (κ1) is 26.9. The Morgan fingerprint density at radius 1 is 0.969 bits per heavy atom. The first-order chi connectivity index (χ1) is 14.9. The molecule has 1 aromatic rings. The van der Waals surface area contributed by atoms with E-state index < -0.39 is 54.5 Å². The van der Waals surface area contributed by atoms with Crippen molar-refractivity contribution >= 4 is 23.7 Å². The first-order valence-electron chi connectivity index (χ1n) is 10.2. The fraction of sp³-hybridized carbons (Fsp3) is 0.524. The van der Waals surface area contributed by atoms with Crippen molar-refractivity contribution in [3.05, 3.63) is 29.8 Å². The van der Waals surface area contributed by atoms with Crippen LogP contribution in [0.25, 0.3) is 0 Å². The number of carbonyl (C=O) groups excluding carboxylic acids is 3. The predicted octanol–water partition coefficient (Wildman–Crippen LogP) is -1.14. The van der Waals surface area contributed by atoms with Gasteiger partial charge in [-0.05, 0) is 37.0 Å². The fourth-order valence-electron chi connectivity index (χ4n) is 2.79. The second kappa shape index (κ2) is 12.6. The van der Waals surface area contributed by atoms with Crippen LogP contribution in [0.15, 0.2) is 24.3 Å². The van der Waals surface area contributed by atoms with Crippen LogP contribution in [0.2, 0.25) is 0 Å². The van der Waals surface area contributed by atoms with Crippen LogP contribution in [0.5, 0.6) is 5.75 Å². The average molecular weight is 453 g/mol. The topological polar surface area (TPSA) is 191 Å². The number of amides is 3. The van der Waals surface area contributed by atoms with Gasteiger partial charge in [0, 0.05) is 6.42 Å². The van der Waals surface area contributed by atoms with Crippen LogP contribution >= 0.6 is 0 Å². The molecule has 178 valence electrons. The van der Waals surface area contributed by atoms with Crippen LogP contribution in [0, 0.1) is 5.92 Å². The summed E-state index contributed by atoms with van der Waals surface area (Å²) in [7, 11) is 0. The van der Waals surface area contributed by atoms with E-state index in [0.717, 1.165) is 0 Å². The average Bonchev–Trinajstić information content (AvgIpc) is 2.71. The summed E-state index contributed by atoms with van der Waals surface area (Å²) in [5.41, 5.74) is 6.18. The molecule has 0 bridgehead atoms. The molecule has 0 aliphatic heterocycles. The molecule has 3 amide bonds. The molecule has 0 spiro atoms. The second-order valence-corrected chi connectivity index (χ2v) is 8.00. The van der Waals surface area contributed by atoms with Gasteiger partial charge in [0.25, 0.3) is 0 Å². The van der Waals surface area contributed by atoms with E-state index in [4.69, 9.17) is 5.73 Å². The normalized spacial score (nSPS) is 14.7. The lowest BCUT2D eigenvalue weighted by atomic mass is 10.0. The van der Waals surface area contributed by atoms with Crippen LogP contribution in [0.4, 0.5) is 0 Å². The summed E-state index contributed by atoms with van der Waals surface area (Å²) in [6.45, 7) is 4.54. The van der Waals surface area contributed by atoms with Crippen molar-refractivity contribution < 1.29 is 34.5 Å². The summed E-state index contributed by atoms with van der Waals surface area (Å²) in [6.07, 6.45) is -0.854. The highest BCUT2D eigenvalue weighted by atomic mass is 16.4. The Labute approximate surface area is 186 Å².